The lowest BCUT2D eigenvalue weighted by molar-refractivity contribution is -0.136. The van der Waals surface area contributed by atoms with E-state index < -0.39 is 0 Å². The van der Waals surface area contributed by atoms with Crippen LogP contribution in [-0.4, -0.2) is 73.1 Å². The van der Waals surface area contributed by atoms with E-state index in [2.05, 4.69) is 10.2 Å². The van der Waals surface area contributed by atoms with Crippen molar-refractivity contribution in [3.63, 3.8) is 0 Å². The summed E-state index contributed by atoms with van der Waals surface area (Å²) in [5, 5.41) is 2.98. The summed E-state index contributed by atoms with van der Waals surface area (Å²) in [4.78, 5) is 28.1. The van der Waals surface area contributed by atoms with Crippen LogP contribution in [-0.2, 0) is 14.3 Å². The Bertz CT molecular complexity index is 367. The summed E-state index contributed by atoms with van der Waals surface area (Å²) in [6.45, 7) is 9.15. The number of hydrogen-bond donors (Lipinski definition) is 1. The molecule has 2 amide bonds. The first-order valence-corrected chi connectivity index (χ1v) is 7.98. The molecule has 1 atom stereocenters. The fourth-order valence-corrected chi connectivity index (χ4v) is 3.06. The maximum Gasteiger partial charge on any atom is 0.242 e. The fraction of sp³-hybridized carbons (Fsp3) is 0.867. The fourth-order valence-electron chi connectivity index (χ4n) is 3.06. The van der Waals surface area contributed by atoms with Crippen molar-refractivity contribution in [1.29, 1.82) is 0 Å². The van der Waals surface area contributed by atoms with Crippen molar-refractivity contribution in [3.05, 3.63) is 0 Å². The summed E-state index contributed by atoms with van der Waals surface area (Å²) >= 11 is 0. The Morgan fingerprint density at radius 2 is 2.10 bits per heavy atom. The summed E-state index contributed by atoms with van der Waals surface area (Å²) in [7, 11) is 0. The molecule has 2 saturated heterocycles. The largest absolute Gasteiger partial charge is 0.379 e. The lowest BCUT2D eigenvalue weighted by atomic mass is 10.2. The molecule has 6 heteroatoms. The van der Waals surface area contributed by atoms with E-state index in [4.69, 9.17) is 4.74 Å². The molecular formula is C15H27N3O3. The molecular weight excluding hydrogens is 270 g/mol. The topological polar surface area (TPSA) is 61.9 Å². The molecule has 0 aliphatic carbocycles. The van der Waals surface area contributed by atoms with Crippen molar-refractivity contribution in [2.45, 2.75) is 45.2 Å². The van der Waals surface area contributed by atoms with Crippen molar-refractivity contribution < 1.29 is 14.3 Å². The molecule has 120 valence electrons. The Labute approximate surface area is 126 Å². The van der Waals surface area contributed by atoms with Gasteiger partial charge in [-0.15, -0.1) is 0 Å². The number of likely N-dealkylation sites (tertiary alicyclic amines) is 1. The molecule has 2 rings (SSSR count). The van der Waals surface area contributed by atoms with Gasteiger partial charge in [-0.3, -0.25) is 14.5 Å². The molecule has 0 saturated carbocycles. The SMILES string of the molecule is CC(C)N1C(=O)CCC1C(=O)NCCCN1CCOCC1. The monoisotopic (exact) mass is 297 g/mol. The van der Waals surface area contributed by atoms with E-state index in [0.717, 1.165) is 39.3 Å². The maximum absolute atomic E-state index is 12.2. The highest BCUT2D eigenvalue weighted by Crippen LogP contribution is 2.21. The van der Waals surface area contributed by atoms with Gasteiger partial charge in [0.2, 0.25) is 11.8 Å². The Morgan fingerprint density at radius 1 is 1.38 bits per heavy atom. The molecule has 6 nitrogen and oxygen atoms in total. The first kappa shape index (κ1) is 16.2. The van der Waals surface area contributed by atoms with Gasteiger partial charge < -0.3 is 15.0 Å². The van der Waals surface area contributed by atoms with Crippen molar-refractivity contribution >= 4 is 11.8 Å². The maximum atomic E-state index is 12.2. The van der Waals surface area contributed by atoms with Crippen molar-refractivity contribution in [3.8, 4) is 0 Å². The second-order valence-electron chi connectivity index (χ2n) is 6.05. The number of carbonyl (C=O) groups excluding carboxylic acids is 2. The van der Waals surface area contributed by atoms with E-state index in [0.29, 0.717) is 19.4 Å². The zero-order valence-electron chi connectivity index (χ0n) is 13.1. The number of ether oxygens (including phenoxy) is 1. The first-order valence-electron chi connectivity index (χ1n) is 7.98. The van der Waals surface area contributed by atoms with Gasteiger partial charge in [0.25, 0.3) is 0 Å². The third-order valence-corrected chi connectivity index (χ3v) is 4.17. The van der Waals surface area contributed by atoms with Gasteiger partial charge in [0, 0.05) is 32.1 Å². The Morgan fingerprint density at radius 3 is 2.76 bits per heavy atom. The average Bonchev–Trinajstić information content (AvgIpc) is 2.86. The van der Waals surface area contributed by atoms with Gasteiger partial charge in [-0.05, 0) is 33.2 Å². The van der Waals surface area contributed by atoms with Crippen LogP contribution in [0.25, 0.3) is 0 Å². The number of morpholine rings is 1. The zero-order chi connectivity index (χ0) is 15.2. The predicted molar refractivity (Wildman–Crippen MR) is 79.9 cm³/mol. The van der Waals surface area contributed by atoms with Crippen LogP contribution in [0, 0.1) is 0 Å². The average molecular weight is 297 g/mol. The number of nitrogens with zero attached hydrogens (tertiary/aromatic N) is 2. The van der Waals surface area contributed by atoms with Crippen LogP contribution in [0.4, 0.5) is 0 Å². The summed E-state index contributed by atoms with van der Waals surface area (Å²) in [5.41, 5.74) is 0. The van der Waals surface area contributed by atoms with Crippen LogP contribution in [0.5, 0.6) is 0 Å². The first-order chi connectivity index (χ1) is 10.1. The third-order valence-electron chi connectivity index (χ3n) is 4.17. The molecule has 1 unspecified atom stereocenters. The van der Waals surface area contributed by atoms with Gasteiger partial charge in [-0.1, -0.05) is 0 Å². The Hall–Kier alpha value is -1.14. The quantitative estimate of drug-likeness (QED) is 0.713. The third kappa shape index (κ3) is 4.41. The van der Waals surface area contributed by atoms with Crippen molar-refractivity contribution in [1.82, 2.24) is 15.1 Å². The highest BCUT2D eigenvalue weighted by Gasteiger charge is 2.37. The minimum absolute atomic E-state index is 0.00322. The lowest BCUT2D eigenvalue weighted by Gasteiger charge is -2.28. The molecule has 2 fully saturated rings. The molecule has 2 heterocycles. The van der Waals surface area contributed by atoms with E-state index in [1.165, 1.54) is 0 Å². The van der Waals surface area contributed by atoms with E-state index in [1.807, 2.05) is 13.8 Å². The molecule has 2 aliphatic rings. The lowest BCUT2D eigenvalue weighted by Crippen LogP contribution is -2.48. The second kappa shape index (κ2) is 7.75. The van der Waals surface area contributed by atoms with Gasteiger partial charge >= 0.3 is 0 Å². The van der Waals surface area contributed by atoms with Crippen LogP contribution >= 0.6 is 0 Å². The molecule has 0 aromatic carbocycles. The van der Waals surface area contributed by atoms with Crippen LogP contribution in [0.3, 0.4) is 0 Å². The molecule has 2 aliphatic heterocycles. The number of carbonyl (C=O) groups is 2. The van der Waals surface area contributed by atoms with E-state index in [1.54, 1.807) is 4.90 Å². The summed E-state index contributed by atoms with van der Waals surface area (Å²) in [5.74, 6) is 0.0926. The molecule has 0 aromatic rings. The van der Waals surface area contributed by atoms with Gasteiger partial charge in [0.1, 0.15) is 6.04 Å². The number of nitrogens with one attached hydrogen (secondary N) is 1. The summed E-state index contributed by atoms with van der Waals surface area (Å²) in [6.07, 6.45) is 2.07. The van der Waals surface area contributed by atoms with Crippen LogP contribution in [0.2, 0.25) is 0 Å². The van der Waals surface area contributed by atoms with Gasteiger partial charge in [-0.25, -0.2) is 0 Å². The number of hydrogen-bond acceptors (Lipinski definition) is 4. The van der Waals surface area contributed by atoms with Gasteiger partial charge in [0.15, 0.2) is 0 Å². The molecule has 0 radical (unpaired) electrons. The summed E-state index contributed by atoms with van der Waals surface area (Å²) in [6, 6.07) is -0.190. The standard InChI is InChI=1S/C15H27N3O3/c1-12(2)18-13(4-5-14(18)19)15(20)16-6-3-7-17-8-10-21-11-9-17/h12-13H,3-11H2,1-2H3,(H,16,20). The molecule has 0 spiro atoms. The molecule has 1 N–H and O–H groups in total. The van der Waals surface area contributed by atoms with Crippen LogP contribution in [0.15, 0.2) is 0 Å². The smallest absolute Gasteiger partial charge is 0.242 e. The highest BCUT2D eigenvalue weighted by atomic mass is 16.5. The number of rotatable bonds is 6. The second-order valence-corrected chi connectivity index (χ2v) is 6.05. The van der Waals surface area contributed by atoms with Crippen molar-refractivity contribution in [2.75, 3.05) is 39.4 Å². The highest BCUT2D eigenvalue weighted by molar-refractivity contribution is 5.91. The van der Waals surface area contributed by atoms with Crippen molar-refractivity contribution in [2.24, 2.45) is 0 Å². The van der Waals surface area contributed by atoms with Crippen LogP contribution in [0.1, 0.15) is 33.1 Å². The van der Waals surface area contributed by atoms with Gasteiger partial charge in [-0.2, -0.15) is 0 Å². The Kier molecular flexibility index (Phi) is 5.99. The molecule has 0 bridgehead atoms. The van der Waals surface area contributed by atoms with Crippen LogP contribution < -0.4 is 5.32 Å². The minimum atomic E-state index is -0.277. The van der Waals surface area contributed by atoms with E-state index in [-0.39, 0.29) is 23.9 Å². The minimum Gasteiger partial charge on any atom is -0.379 e. The Balaban J connectivity index is 1.68. The van der Waals surface area contributed by atoms with E-state index in [9.17, 15) is 9.59 Å². The van der Waals surface area contributed by atoms with E-state index >= 15 is 0 Å². The zero-order valence-corrected chi connectivity index (χ0v) is 13.1. The summed E-state index contributed by atoms with van der Waals surface area (Å²) < 4.78 is 5.31. The molecule has 21 heavy (non-hydrogen) atoms. The molecule has 0 aromatic heterocycles. The van der Waals surface area contributed by atoms with Gasteiger partial charge in [0.05, 0.1) is 13.2 Å². The number of amides is 2. The predicted octanol–water partition coefficient (Wildman–Crippen LogP) is 0.224. The normalized spacial score (nSPS) is 23.9.